The number of hydrogen-bond acceptors (Lipinski definition) is 3. The van der Waals surface area contributed by atoms with Gasteiger partial charge in [0.15, 0.2) is 0 Å². The van der Waals surface area contributed by atoms with E-state index in [2.05, 4.69) is 36.1 Å². The highest BCUT2D eigenvalue weighted by molar-refractivity contribution is 5.82. The fourth-order valence-corrected chi connectivity index (χ4v) is 2.70. The average molecular weight is 278 g/mol. The van der Waals surface area contributed by atoms with Crippen LogP contribution in [0.2, 0.25) is 0 Å². The molecule has 1 unspecified atom stereocenters. The maximum absolute atomic E-state index is 12.7. The summed E-state index contributed by atoms with van der Waals surface area (Å²) < 4.78 is 0. The molecule has 0 saturated carbocycles. The number of amides is 1. The molecule has 1 aromatic rings. The zero-order valence-corrected chi connectivity index (χ0v) is 12.8. The second-order valence-corrected chi connectivity index (χ2v) is 5.80. The van der Waals surface area contributed by atoms with Gasteiger partial charge in [0.2, 0.25) is 5.91 Å². The van der Waals surface area contributed by atoms with Crippen molar-refractivity contribution in [2.24, 2.45) is 0 Å². The van der Waals surface area contributed by atoms with E-state index >= 15 is 0 Å². The van der Waals surface area contributed by atoms with E-state index in [1.807, 2.05) is 4.90 Å². The molecule has 1 aliphatic heterocycles. The first-order valence-corrected chi connectivity index (χ1v) is 7.68. The molecule has 112 valence electrons. The third-order valence-electron chi connectivity index (χ3n) is 3.94. The summed E-state index contributed by atoms with van der Waals surface area (Å²) in [7, 11) is 0. The molecular formula is C15H26N4O. The Morgan fingerprint density at radius 1 is 1.50 bits per heavy atom. The molecule has 0 aliphatic carbocycles. The molecule has 2 heterocycles. The zero-order chi connectivity index (χ0) is 14.5. The number of unbranched alkanes of at least 4 members (excludes halogenated alkanes) is 2. The predicted octanol–water partition coefficient (Wildman–Crippen LogP) is 1.85. The van der Waals surface area contributed by atoms with Crippen LogP contribution < -0.4 is 5.32 Å². The molecule has 1 atom stereocenters. The summed E-state index contributed by atoms with van der Waals surface area (Å²) in [6.07, 6.45) is 5.84. The highest BCUT2D eigenvalue weighted by Gasteiger charge is 2.30. The van der Waals surface area contributed by atoms with Gasteiger partial charge in [0.1, 0.15) is 0 Å². The normalized spacial score (nSPS) is 18.1. The standard InChI is InChI=1S/C15H26N4O/c1-4-5-6-7-19(11(2)3)15(20)13-8-12-14(9-16-13)18-10-17-12/h10-11,13,16H,4-9H2,1-3H3,(H,17,18). The number of aromatic amines is 1. The number of fused-ring (bicyclic) bond motifs is 1. The Hall–Kier alpha value is -1.36. The smallest absolute Gasteiger partial charge is 0.240 e. The number of nitrogens with one attached hydrogen (secondary N) is 2. The predicted molar refractivity (Wildman–Crippen MR) is 79.3 cm³/mol. The largest absolute Gasteiger partial charge is 0.347 e. The van der Waals surface area contributed by atoms with Crippen LogP contribution in [0.25, 0.3) is 0 Å². The summed E-state index contributed by atoms with van der Waals surface area (Å²) >= 11 is 0. The zero-order valence-electron chi connectivity index (χ0n) is 12.8. The maximum Gasteiger partial charge on any atom is 0.240 e. The maximum atomic E-state index is 12.7. The highest BCUT2D eigenvalue weighted by atomic mass is 16.2. The third-order valence-corrected chi connectivity index (χ3v) is 3.94. The first-order valence-electron chi connectivity index (χ1n) is 7.68. The van der Waals surface area contributed by atoms with E-state index in [4.69, 9.17) is 0 Å². The molecule has 2 rings (SSSR count). The van der Waals surface area contributed by atoms with E-state index in [0.29, 0.717) is 13.0 Å². The van der Waals surface area contributed by atoms with Crippen LogP contribution in [0.15, 0.2) is 6.33 Å². The molecule has 1 amide bonds. The quantitative estimate of drug-likeness (QED) is 0.781. The first kappa shape index (κ1) is 15.0. The minimum atomic E-state index is -0.130. The third kappa shape index (κ3) is 3.39. The van der Waals surface area contributed by atoms with Gasteiger partial charge in [-0.2, -0.15) is 0 Å². The van der Waals surface area contributed by atoms with Gasteiger partial charge in [0.25, 0.3) is 0 Å². The summed E-state index contributed by atoms with van der Waals surface area (Å²) in [6.45, 7) is 7.92. The lowest BCUT2D eigenvalue weighted by molar-refractivity contribution is -0.135. The molecule has 0 aromatic carbocycles. The van der Waals surface area contributed by atoms with Crippen LogP contribution in [0.5, 0.6) is 0 Å². The fraction of sp³-hybridized carbons (Fsp3) is 0.733. The van der Waals surface area contributed by atoms with Crippen LogP contribution in [-0.4, -0.2) is 39.4 Å². The fourth-order valence-electron chi connectivity index (χ4n) is 2.70. The van der Waals surface area contributed by atoms with Crippen molar-refractivity contribution in [3.8, 4) is 0 Å². The van der Waals surface area contributed by atoms with Crippen LogP contribution in [0.3, 0.4) is 0 Å². The topological polar surface area (TPSA) is 61.0 Å². The molecule has 2 N–H and O–H groups in total. The van der Waals surface area contributed by atoms with Crippen molar-refractivity contribution in [3.05, 3.63) is 17.7 Å². The van der Waals surface area contributed by atoms with E-state index < -0.39 is 0 Å². The SMILES string of the molecule is CCCCCN(C(=O)C1Cc2nc[nH]c2CN1)C(C)C. The molecule has 1 aromatic heterocycles. The van der Waals surface area contributed by atoms with Gasteiger partial charge in [-0.1, -0.05) is 19.8 Å². The number of nitrogens with zero attached hydrogens (tertiary/aromatic N) is 2. The lowest BCUT2D eigenvalue weighted by atomic mass is 10.0. The second kappa shape index (κ2) is 6.88. The van der Waals surface area contributed by atoms with Crippen molar-refractivity contribution in [2.45, 2.75) is 65.1 Å². The van der Waals surface area contributed by atoms with Gasteiger partial charge < -0.3 is 9.88 Å². The number of rotatable bonds is 6. The van der Waals surface area contributed by atoms with Gasteiger partial charge in [-0.3, -0.25) is 10.1 Å². The van der Waals surface area contributed by atoms with Gasteiger partial charge >= 0.3 is 0 Å². The first-order chi connectivity index (χ1) is 9.63. The van der Waals surface area contributed by atoms with E-state index in [1.165, 1.54) is 12.8 Å². The van der Waals surface area contributed by atoms with Crippen molar-refractivity contribution >= 4 is 5.91 Å². The average Bonchev–Trinajstić information content (AvgIpc) is 2.89. The molecule has 20 heavy (non-hydrogen) atoms. The molecule has 1 aliphatic rings. The van der Waals surface area contributed by atoms with E-state index in [1.54, 1.807) is 6.33 Å². The highest BCUT2D eigenvalue weighted by Crippen LogP contribution is 2.15. The van der Waals surface area contributed by atoms with E-state index in [-0.39, 0.29) is 18.0 Å². The van der Waals surface area contributed by atoms with Gasteiger partial charge in [-0.25, -0.2) is 4.98 Å². The number of carbonyl (C=O) groups is 1. The molecular weight excluding hydrogens is 252 g/mol. The van der Waals surface area contributed by atoms with Crippen LogP contribution in [0, 0.1) is 0 Å². The van der Waals surface area contributed by atoms with Gasteiger partial charge in [0, 0.05) is 25.6 Å². The Kier molecular flexibility index (Phi) is 5.17. The van der Waals surface area contributed by atoms with Gasteiger partial charge in [0.05, 0.1) is 23.8 Å². The van der Waals surface area contributed by atoms with E-state index in [9.17, 15) is 4.79 Å². The van der Waals surface area contributed by atoms with Crippen LogP contribution in [-0.2, 0) is 17.8 Å². The molecule has 5 heteroatoms. The van der Waals surface area contributed by atoms with Crippen molar-refractivity contribution in [3.63, 3.8) is 0 Å². The minimum absolute atomic E-state index is 0.130. The van der Waals surface area contributed by atoms with Crippen molar-refractivity contribution < 1.29 is 4.79 Å². The summed E-state index contributed by atoms with van der Waals surface area (Å²) in [5, 5.41) is 3.32. The molecule has 0 spiro atoms. The van der Waals surface area contributed by atoms with Crippen LogP contribution in [0.4, 0.5) is 0 Å². The van der Waals surface area contributed by atoms with Gasteiger partial charge in [-0.05, 0) is 20.3 Å². The monoisotopic (exact) mass is 278 g/mol. The van der Waals surface area contributed by atoms with Crippen LogP contribution >= 0.6 is 0 Å². The molecule has 0 bridgehead atoms. The Balaban J connectivity index is 1.97. The van der Waals surface area contributed by atoms with Crippen molar-refractivity contribution in [1.29, 1.82) is 0 Å². The molecule has 0 radical (unpaired) electrons. The summed E-state index contributed by atoms with van der Waals surface area (Å²) in [4.78, 5) is 22.1. The van der Waals surface area contributed by atoms with E-state index in [0.717, 1.165) is 24.4 Å². The summed E-state index contributed by atoms with van der Waals surface area (Å²) in [6, 6.07) is 0.122. The van der Waals surface area contributed by atoms with Crippen molar-refractivity contribution in [1.82, 2.24) is 20.2 Å². The molecule has 0 fully saturated rings. The lowest BCUT2D eigenvalue weighted by Gasteiger charge is -2.32. The molecule has 0 saturated heterocycles. The number of hydrogen-bond donors (Lipinski definition) is 2. The summed E-state index contributed by atoms with van der Waals surface area (Å²) in [5.41, 5.74) is 2.13. The minimum Gasteiger partial charge on any atom is -0.347 e. The Labute approximate surface area is 121 Å². The summed E-state index contributed by atoms with van der Waals surface area (Å²) in [5.74, 6) is 0.213. The van der Waals surface area contributed by atoms with Gasteiger partial charge in [-0.15, -0.1) is 0 Å². The number of carbonyl (C=O) groups excluding carboxylic acids is 1. The molecule has 5 nitrogen and oxygen atoms in total. The number of aromatic nitrogens is 2. The Morgan fingerprint density at radius 3 is 3.00 bits per heavy atom. The number of H-pyrrole nitrogens is 1. The Bertz CT molecular complexity index is 441. The lowest BCUT2D eigenvalue weighted by Crippen LogP contribution is -2.51. The Morgan fingerprint density at radius 2 is 2.30 bits per heavy atom. The number of imidazole rings is 1. The van der Waals surface area contributed by atoms with Crippen LogP contribution in [0.1, 0.15) is 51.4 Å². The van der Waals surface area contributed by atoms with Crippen molar-refractivity contribution in [2.75, 3.05) is 6.54 Å². The second-order valence-electron chi connectivity index (χ2n) is 5.80.